The third-order valence-corrected chi connectivity index (χ3v) is 4.04. The second-order valence-corrected chi connectivity index (χ2v) is 5.56. The Hall–Kier alpha value is -1.59. The average molecular weight is 291 g/mol. The van der Waals surface area contributed by atoms with Crippen molar-refractivity contribution < 1.29 is 9.53 Å². The number of piperazine rings is 1. The molecule has 0 spiro atoms. The van der Waals surface area contributed by atoms with Crippen LogP contribution in [0.25, 0.3) is 0 Å². The second kappa shape index (κ2) is 8.00. The Morgan fingerprint density at radius 1 is 1.24 bits per heavy atom. The SMILES string of the molecule is COC(=O)NCC(Cc1ccccc1)N1CCN(C)CC1. The number of amides is 1. The topological polar surface area (TPSA) is 44.8 Å². The lowest BCUT2D eigenvalue weighted by molar-refractivity contribution is 0.107. The summed E-state index contributed by atoms with van der Waals surface area (Å²) in [6, 6.07) is 10.7. The molecule has 2 rings (SSSR count). The fourth-order valence-electron chi connectivity index (χ4n) is 2.68. The molecule has 1 atom stereocenters. The van der Waals surface area contributed by atoms with Crippen LogP contribution in [0.15, 0.2) is 30.3 Å². The van der Waals surface area contributed by atoms with E-state index in [-0.39, 0.29) is 6.09 Å². The minimum atomic E-state index is -0.359. The fourth-order valence-corrected chi connectivity index (χ4v) is 2.68. The van der Waals surface area contributed by atoms with Crippen LogP contribution in [-0.2, 0) is 11.2 Å². The number of likely N-dealkylation sites (N-methyl/N-ethyl adjacent to an activating group) is 1. The molecule has 0 saturated carbocycles. The van der Waals surface area contributed by atoms with Crippen molar-refractivity contribution in [3.63, 3.8) is 0 Å². The molecule has 1 aliphatic heterocycles. The van der Waals surface area contributed by atoms with Crippen LogP contribution < -0.4 is 5.32 Å². The number of benzene rings is 1. The Labute approximate surface area is 126 Å². The van der Waals surface area contributed by atoms with Crippen molar-refractivity contribution in [3.8, 4) is 0 Å². The largest absolute Gasteiger partial charge is 0.453 e. The van der Waals surface area contributed by atoms with Crippen molar-refractivity contribution in [2.24, 2.45) is 0 Å². The molecule has 116 valence electrons. The third-order valence-electron chi connectivity index (χ3n) is 4.04. The van der Waals surface area contributed by atoms with Crippen molar-refractivity contribution in [1.82, 2.24) is 15.1 Å². The van der Waals surface area contributed by atoms with E-state index in [2.05, 4.69) is 51.2 Å². The van der Waals surface area contributed by atoms with Gasteiger partial charge in [-0.25, -0.2) is 4.79 Å². The molecule has 0 aliphatic carbocycles. The summed E-state index contributed by atoms with van der Waals surface area (Å²) in [5, 5.41) is 2.84. The summed E-state index contributed by atoms with van der Waals surface area (Å²) in [6.07, 6.45) is 0.580. The van der Waals surface area contributed by atoms with Gasteiger partial charge in [-0.15, -0.1) is 0 Å². The van der Waals surface area contributed by atoms with Gasteiger partial charge in [-0.1, -0.05) is 30.3 Å². The Morgan fingerprint density at radius 3 is 2.52 bits per heavy atom. The van der Waals surface area contributed by atoms with Crippen molar-refractivity contribution in [1.29, 1.82) is 0 Å². The van der Waals surface area contributed by atoms with Gasteiger partial charge in [0.1, 0.15) is 0 Å². The summed E-state index contributed by atoms with van der Waals surface area (Å²) < 4.78 is 4.68. The molecule has 1 unspecified atom stereocenters. The van der Waals surface area contributed by atoms with Gasteiger partial charge in [0, 0.05) is 38.8 Å². The normalized spacial score (nSPS) is 18.2. The van der Waals surface area contributed by atoms with E-state index < -0.39 is 0 Å². The van der Waals surface area contributed by atoms with E-state index in [0.717, 1.165) is 32.6 Å². The molecule has 1 fully saturated rings. The van der Waals surface area contributed by atoms with E-state index >= 15 is 0 Å². The quantitative estimate of drug-likeness (QED) is 0.885. The van der Waals surface area contributed by atoms with E-state index in [9.17, 15) is 4.79 Å². The van der Waals surface area contributed by atoms with Crippen LogP contribution in [0.1, 0.15) is 5.56 Å². The first kappa shape index (κ1) is 15.8. The van der Waals surface area contributed by atoms with Gasteiger partial charge in [0.25, 0.3) is 0 Å². The summed E-state index contributed by atoms with van der Waals surface area (Å²) in [7, 11) is 3.55. The molecule has 0 aromatic heterocycles. The number of alkyl carbamates (subject to hydrolysis) is 1. The van der Waals surface area contributed by atoms with Crippen LogP contribution in [0.5, 0.6) is 0 Å². The lowest BCUT2D eigenvalue weighted by atomic mass is 10.0. The van der Waals surface area contributed by atoms with Crippen LogP contribution in [-0.4, -0.2) is 68.8 Å². The number of carbonyl (C=O) groups excluding carboxylic acids is 1. The van der Waals surface area contributed by atoms with Crippen molar-refractivity contribution in [3.05, 3.63) is 35.9 Å². The van der Waals surface area contributed by atoms with Gasteiger partial charge in [0.05, 0.1) is 7.11 Å². The minimum absolute atomic E-state index is 0.306. The number of carbonyl (C=O) groups is 1. The van der Waals surface area contributed by atoms with Crippen molar-refractivity contribution in [2.75, 3.05) is 46.9 Å². The summed E-state index contributed by atoms with van der Waals surface area (Å²) in [5.41, 5.74) is 1.30. The molecule has 0 bridgehead atoms. The first-order chi connectivity index (χ1) is 10.2. The molecule has 1 saturated heterocycles. The highest BCUT2D eigenvalue weighted by atomic mass is 16.5. The summed E-state index contributed by atoms with van der Waals surface area (Å²) in [6.45, 7) is 4.84. The maximum absolute atomic E-state index is 11.3. The Kier molecular flexibility index (Phi) is 6.02. The first-order valence-electron chi connectivity index (χ1n) is 7.47. The molecular formula is C16H25N3O2. The van der Waals surface area contributed by atoms with E-state index in [0.29, 0.717) is 12.6 Å². The van der Waals surface area contributed by atoms with Gasteiger partial charge in [0.15, 0.2) is 0 Å². The molecular weight excluding hydrogens is 266 g/mol. The maximum Gasteiger partial charge on any atom is 0.406 e. The van der Waals surface area contributed by atoms with Gasteiger partial charge in [-0.2, -0.15) is 0 Å². The Bertz CT molecular complexity index is 430. The summed E-state index contributed by atoms with van der Waals surface area (Å²) >= 11 is 0. The molecule has 1 amide bonds. The van der Waals surface area contributed by atoms with E-state index in [1.54, 1.807) is 0 Å². The number of nitrogens with zero attached hydrogens (tertiary/aromatic N) is 2. The zero-order valence-corrected chi connectivity index (χ0v) is 12.9. The van der Waals surface area contributed by atoms with E-state index in [1.807, 2.05) is 6.07 Å². The predicted octanol–water partition coefficient (Wildman–Crippen LogP) is 1.20. The van der Waals surface area contributed by atoms with Gasteiger partial charge in [-0.3, -0.25) is 4.90 Å². The second-order valence-electron chi connectivity index (χ2n) is 5.56. The van der Waals surface area contributed by atoms with Crippen molar-refractivity contribution in [2.45, 2.75) is 12.5 Å². The Balaban J connectivity index is 1.97. The molecule has 21 heavy (non-hydrogen) atoms. The molecule has 1 aromatic rings. The van der Waals surface area contributed by atoms with Crippen LogP contribution >= 0.6 is 0 Å². The summed E-state index contributed by atoms with van der Waals surface area (Å²) in [4.78, 5) is 16.1. The van der Waals surface area contributed by atoms with Crippen molar-refractivity contribution >= 4 is 6.09 Å². The van der Waals surface area contributed by atoms with Gasteiger partial charge in [-0.05, 0) is 19.0 Å². The summed E-state index contributed by atoms with van der Waals surface area (Å²) in [5.74, 6) is 0. The standard InChI is InChI=1S/C16H25N3O2/c1-18-8-10-19(11-9-18)15(13-17-16(20)21-2)12-14-6-4-3-5-7-14/h3-7,15H,8-13H2,1-2H3,(H,17,20). The molecule has 5 heteroatoms. The van der Waals surface area contributed by atoms with E-state index in [1.165, 1.54) is 12.7 Å². The molecule has 0 radical (unpaired) electrons. The van der Waals surface area contributed by atoms with E-state index in [4.69, 9.17) is 0 Å². The Morgan fingerprint density at radius 2 is 1.90 bits per heavy atom. The number of nitrogens with one attached hydrogen (secondary N) is 1. The number of methoxy groups -OCH3 is 1. The molecule has 5 nitrogen and oxygen atoms in total. The highest BCUT2D eigenvalue weighted by Crippen LogP contribution is 2.11. The molecule has 1 aromatic carbocycles. The number of hydrogen-bond donors (Lipinski definition) is 1. The van der Waals surface area contributed by atoms with Gasteiger partial charge in [0.2, 0.25) is 0 Å². The lowest BCUT2D eigenvalue weighted by Gasteiger charge is -2.38. The fraction of sp³-hybridized carbons (Fsp3) is 0.562. The lowest BCUT2D eigenvalue weighted by Crippen LogP contribution is -2.53. The average Bonchev–Trinajstić information content (AvgIpc) is 2.53. The number of hydrogen-bond acceptors (Lipinski definition) is 4. The van der Waals surface area contributed by atoms with Crippen LogP contribution in [0.3, 0.4) is 0 Å². The first-order valence-corrected chi connectivity index (χ1v) is 7.47. The van der Waals surface area contributed by atoms with Crippen LogP contribution in [0, 0.1) is 0 Å². The van der Waals surface area contributed by atoms with Gasteiger partial charge >= 0.3 is 6.09 Å². The smallest absolute Gasteiger partial charge is 0.406 e. The molecule has 1 N–H and O–H groups in total. The monoisotopic (exact) mass is 291 g/mol. The maximum atomic E-state index is 11.3. The number of ether oxygens (including phenoxy) is 1. The highest BCUT2D eigenvalue weighted by Gasteiger charge is 2.23. The minimum Gasteiger partial charge on any atom is -0.453 e. The molecule has 1 heterocycles. The zero-order chi connectivity index (χ0) is 15.1. The highest BCUT2D eigenvalue weighted by molar-refractivity contribution is 5.66. The van der Waals surface area contributed by atoms with Crippen LogP contribution in [0.2, 0.25) is 0 Å². The van der Waals surface area contributed by atoms with Gasteiger partial charge < -0.3 is 15.0 Å². The predicted molar refractivity (Wildman–Crippen MR) is 83.4 cm³/mol. The number of rotatable bonds is 5. The molecule has 1 aliphatic rings. The van der Waals surface area contributed by atoms with Crippen LogP contribution in [0.4, 0.5) is 4.79 Å². The third kappa shape index (κ3) is 5.02. The zero-order valence-electron chi connectivity index (χ0n) is 12.9.